The van der Waals surface area contributed by atoms with Crippen LogP contribution in [0.4, 0.5) is 0 Å². The van der Waals surface area contributed by atoms with Crippen LogP contribution in [0.3, 0.4) is 0 Å². The van der Waals surface area contributed by atoms with E-state index in [2.05, 4.69) is 0 Å². The molecule has 0 unspecified atom stereocenters. The van der Waals surface area contributed by atoms with E-state index >= 15 is 0 Å². The molecule has 0 aliphatic rings. The van der Waals surface area contributed by atoms with Crippen LogP contribution in [0.1, 0.15) is 0 Å². The molecule has 0 aromatic carbocycles. The Morgan fingerprint density at radius 2 is 0.444 bits per heavy atom. The van der Waals surface area contributed by atoms with Gasteiger partial charge in [-0.2, -0.15) is 0 Å². The van der Waals surface area contributed by atoms with Gasteiger partial charge in [-0.3, -0.25) is 0 Å². The van der Waals surface area contributed by atoms with Gasteiger partial charge < -0.3 is 56.2 Å². The molecule has 18 heteroatoms. The Kier molecular flexibility index (Phi) is 60.9. The van der Waals surface area contributed by atoms with E-state index < -0.39 is 36.7 Å². The molecule has 0 saturated heterocycles. The third kappa shape index (κ3) is 166000. The summed E-state index contributed by atoms with van der Waals surface area (Å²) in [5.41, 5.74) is 0. The van der Waals surface area contributed by atoms with Crippen LogP contribution in [0.15, 0.2) is 0 Å². The van der Waals surface area contributed by atoms with Crippen molar-refractivity contribution in [1.29, 1.82) is 0 Å². The van der Waals surface area contributed by atoms with Gasteiger partial charge in [-0.05, 0) is 0 Å². The first-order valence-electron chi connectivity index (χ1n) is 2.45. The molecule has 0 fully saturated rings. The van der Waals surface area contributed by atoms with Crippen LogP contribution in [-0.4, -0.2) is 60.6 Å². The van der Waals surface area contributed by atoms with Gasteiger partial charge in [-0.1, -0.05) is 0 Å². The Labute approximate surface area is 142 Å². The molecule has 0 aromatic heterocycles. The van der Waals surface area contributed by atoms with Crippen LogP contribution in [-0.2, 0) is 44.1 Å². The average Bonchev–Trinajstić information content (AvgIpc) is 1.76. The van der Waals surface area contributed by atoms with Crippen molar-refractivity contribution in [2.45, 2.75) is 0 Å². The molecule has 18 heavy (non-hydrogen) atoms. The molecular formula is O12Si4SnZr. The summed E-state index contributed by atoms with van der Waals surface area (Å²) < 4.78 is 34.1. The van der Waals surface area contributed by atoms with E-state index in [0.29, 0.717) is 0 Å². The molecule has 0 N–H and O–H groups in total. The predicted molar refractivity (Wildman–Crippen MR) is 31.5 cm³/mol. The van der Waals surface area contributed by atoms with Crippen molar-refractivity contribution in [3.8, 4) is 0 Å². The Balaban J connectivity index is -0.0000000257. The minimum Gasteiger partial charge on any atom is -0.672 e. The van der Waals surface area contributed by atoms with Crippen LogP contribution in [0, 0.1) is 0 Å². The molecule has 0 amide bonds. The van der Waals surface area contributed by atoms with E-state index in [9.17, 15) is 0 Å². The fourth-order valence-electron chi connectivity index (χ4n) is 0. The van der Waals surface area contributed by atoms with Gasteiger partial charge in [0, 0.05) is 36.7 Å². The maximum absolute atomic E-state index is 8.52. The molecule has 0 aliphatic heterocycles. The molecule has 0 aromatic rings. The van der Waals surface area contributed by atoms with Crippen molar-refractivity contribution in [3.63, 3.8) is 0 Å². The molecule has 0 radical (unpaired) electrons. The molecular weight excluding hydrogens is 514 g/mol. The minimum absolute atomic E-state index is 0. The first-order chi connectivity index (χ1) is 6.93. The largest absolute Gasteiger partial charge is 4.00 e. The summed E-state index contributed by atoms with van der Waals surface area (Å²) >= 11 is 0. The Bertz CT molecular complexity index is 164. The minimum atomic E-state index is -3.63. The van der Waals surface area contributed by atoms with Crippen LogP contribution in [0.5, 0.6) is 0 Å². The van der Waals surface area contributed by atoms with Gasteiger partial charge in [0.05, 0.1) is 0 Å². The van der Waals surface area contributed by atoms with E-state index in [1.165, 1.54) is 0 Å². The predicted octanol–water partition coefficient (Wildman–Crippen LogP) is -11.9. The van der Waals surface area contributed by atoms with Crippen LogP contribution in [0.25, 0.3) is 0 Å². The Morgan fingerprint density at radius 1 is 0.444 bits per heavy atom. The van der Waals surface area contributed by atoms with Crippen LogP contribution < -0.4 is 38.4 Å². The van der Waals surface area contributed by atoms with Crippen LogP contribution in [0.2, 0.25) is 0 Å². The van der Waals surface area contributed by atoms with Crippen molar-refractivity contribution < 1.29 is 82.4 Å². The second-order valence-corrected chi connectivity index (χ2v) is 3.00. The summed E-state index contributed by atoms with van der Waals surface area (Å²) in [6, 6.07) is 0. The van der Waals surface area contributed by atoms with Gasteiger partial charge in [-0.15, -0.1) is 0 Å². The molecule has 0 rings (SSSR count). The molecule has 0 aliphatic carbocycles. The van der Waals surface area contributed by atoms with Gasteiger partial charge in [0.15, 0.2) is 0 Å². The monoisotopic (exact) mass is 514 g/mol. The van der Waals surface area contributed by atoms with Gasteiger partial charge in [-0.25, -0.2) is 0 Å². The quantitative estimate of drug-likeness (QED) is 0.273. The van der Waals surface area contributed by atoms with E-state index in [0.717, 1.165) is 0 Å². The van der Waals surface area contributed by atoms with Crippen molar-refractivity contribution in [3.05, 3.63) is 0 Å². The van der Waals surface area contributed by atoms with Gasteiger partial charge >= 0.3 is 50.1 Å². The van der Waals surface area contributed by atoms with Crippen molar-refractivity contribution in [1.82, 2.24) is 0 Å². The molecule has 0 spiro atoms. The van der Waals surface area contributed by atoms with Gasteiger partial charge in [0.1, 0.15) is 0 Å². The standard InChI is InChI=1S/4O3Si.Sn.Zr/c4*1-4(2)3;;/q4*-2;2*+4. The number of hydrogen-bond donors (Lipinski definition) is 0. The Morgan fingerprint density at radius 3 is 0.444 bits per heavy atom. The molecule has 0 atom stereocenters. The van der Waals surface area contributed by atoms with Crippen molar-refractivity contribution in [2.24, 2.45) is 0 Å². The van der Waals surface area contributed by atoms with Crippen molar-refractivity contribution in [2.75, 3.05) is 0 Å². The summed E-state index contributed by atoms with van der Waals surface area (Å²) in [6.07, 6.45) is 0. The smallest absolute Gasteiger partial charge is 0.672 e. The van der Waals surface area contributed by atoms with Gasteiger partial charge in [0.25, 0.3) is 0 Å². The fourth-order valence-corrected chi connectivity index (χ4v) is 0. The zero-order valence-electron chi connectivity index (χ0n) is 7.90. The van der Waals surface area contributed by atoms with Crippen LogP contribution >= 0.6 is 0 Å². The summed E-state index contributed by atoms with van der Waals surface area (Å²) in [5, 5.41) is 0. The summed E-state index contributed by atoms with van der Waals surface area (Å²) in [6.45, 7) is 0. The molecule has 96 valence electrons. The summed E-state index contributed by atoms with van der Waals surface area (Å²) in [7, 11) is -14.5. The molecule has 12 nitrogen and oxygen atoms in total. The second-order valence-electron chi connectivity index (χ2n) is 1.00. The molecule has 0 bridgehead atoms. The van der Waals surface area contributed by atoms with E-state index in [4.69, 9.17) is 56.2 Å². The normalized spacial score (nSPS) is 5.33. The average molecular weight is 514 g/mol. The van der Waals surface area contributed by atoms with Crippen molar-refractivity contribution >= 4 is 60.6 Å². The van der Waals surface area contributed by atoms with E-state index in [1.54, 1.807) is 0 Å². The van der Waals surface area contributed by atoms with E-state index in [-0.39, 0.29) is 50.1 Å². The molecule has 0 heterocycles. The zero-order valence-corrected chi connectivity index (χ0v) is 17.2. The first-order valence-corrected chi connectivity index (χ1v) is 7.35. The van der Waals surface area contributed by atoms with E-state index in [1.807, 2.05) is 0 Å². The third-order valence-corrected chi connectivity index (χ3v) is 0. The van der Waals surface area contributed by atoms with Gasteiger partial charge in [0.2, 0.25) is 0 Å². The number of rotatable bonds is 0. The SMILES string of the molecule is O=[Si]([O-])[O-].O=[Si]([O-])[O-].O=[Si]([O-])[O-].O=[Si]([O-])[O-].[Sn+4].[Zr+4]. The maximum atomic E-state index is 8.52. The maximum Gasteiger partial charge on any atom is 4.00 e. The number of hydrogen-bond acceptors (Lipinski definition) is 12. The Hall–Kier alpha value is 0.149. The fraction of sp³-hybridized carbons (Fsp3) is 0. The topological polar surface area (TPSA) is 253 Å². The second kappa shape index (κ2) is 30.3. The molecule has 0 saturated carbocycles. The summed E-state index contributed by atoms with van der Waals surface area (Å²) in [5.74, 6) is 0. The first kappa shape index (κ1) is 36.2. The third-order valence-electron chi connectivity index (χ3n) is 0. The summed E-state index contributed by atoms with van der Waals surface area (Å²) in [4.78, 5) is 68.1. The zero-order chi connectivity index (χ0) is 14.3.